The Morgan fingerprint density at radius 1 is 0.573 bits per heavy atom. The number of ketones is 1. The summed E-state index contributed by atoms with van der Waals surface area (Å²) in [6, 6.07) is 17.9. The summed E-state index contributed by atoms with van der Waals surface area (Å²) in [5.41, 5.74) is -3.27. The fraction of sp³-hybridized carbons (Fsp3) is 0.700. The molecule has 3 aromatic rings. The number of aliphatic carboxylic acids is 1. The number of esters is 1. The van der Waals surface area contributed by atoms with Gasteiger partial charge in [-0.05, 0) is 205 Å². The van der Waals surface area contributed by atoms with E-state index in [0.717, 1.165) is 76.2 Å². The zero-order chi connectivity index (χ0) is 68.9. The Morgan fingerprint density at radius 2 is 0.978 bits per heavy atom. The van der Waals surface area contributed by atoms with Gasteiger partial charge in [0.05, 0.1) is 30.9 Å². The first-order valence-electron chi connectivity index (χ1n) is 35.5. The van der Waals surface area contributed by atoms with Crippen LogP contribution in [0.25, 0.3) is 0 Å². The molecule has 3 saturated heterocycles. The second-order valence-electron chi connectivity index (χ2n) is 25.2. The topological polar surface area (TPSA) is 258 Å². The number of ether oxygens (including phenoxy) is 5. The molecule has 19 heteroatoms. The molecule has 494 valence electrons. The minimum Gasteiger partial charge on any atom is -0.547 e. The number of benzene rings is 3. The van der Waals surface area contributed by atoms with E-state index in [1.165, 1.54) is 81.3 Å². The molecule has 12 saturated carbocycles. The van der Waals surface area contributed by atoms with Crippen molar-refractivity contribution >= 4 is 17.7 Å². The maximum Gasteiger partial charge on any atom is 1.00 e. The minimum atomic E-state index is -2.82. The van der Waals surface area contributed by atoms with Crippen LogP contribution in [0.3, 0.4) is 0 Å². The molecule has 7 atom stereocenters. The van der Waals surface area contributed by atoms with E-state index in [2.05, 4.69) is 4.74 Å². The summed E-state index contributed by atoms with van der Waals surface area (Å²) in [7, 11) is -8.21. The molecule has 3 heterocycles. The molecule has 5 N–H and O–H groups in total. The molecule has 15 fully saturated rings. The second kappa shape index (κ2) is 31.0. The van der Waals surface area contributed by atoms with Crippen molar-refractivity contribution in [3.05, 3.63) is 89.5 Å². The van der Waals surface area contributed by atoms with Crippen LogP contribution in [0.1, 0.15) is 201 Å². The van der Waals surface area contributed by atoms with Gasteiger partial charge in [-0.3, -0.25) is 4.79 Å². The monoisotopic (exact) mass is 1270 g/mol. The predicted molar refractivity (Wildman–Crippen MR) is 328 cm³/mol. The second-order valence-corrected chi connectivity index (χ2v) is 25.2. The Balaban J connectivity index is 0.000000248. The molecule has 18 rings (SSSR count). The Hall–Kier alpha value is -3.73. The van der Waals surface area contributed by atoms with E-state index in [0.29, 0.717) is 52.4 Å². The molecule has 0 radical (unpaired) electrons. The van der Waals surface area contributed by atoms with Crippen LogP contribution in [0.4, 0.5) is 0 Å². The van der Waals surface area contributed by atoms with Crippen LogP contribution in [0.15, 0.2) is 72.8 Å². The van der Waals surface area contributed by atoms with E-state index in [-0.39, 0.29) is 98.3 Å². The first-order chi connectivity index (χ1) is 44.3. The average Bonchev–Trinajstić information content (AvgIpc) is 0.675. The summed E-state index contributed by atoms with van der Waals surface area (Å²) in [6.45, 7) is 13.0. The number of aliphatic hydroxyl groups excluding tert-OH is 2. The van der Waals surface area contributed by atoms with Crippen LogP contribution in [0, 0.1) is 71.0 Å². The van der Waals surface area contributed by atoms with E-state index in [1.807, 2.05) is 41.5 Å². The molecule has 15 aliphatic rings. The van der Waals surface area contributed by atoms with Crippen LogP contribution in [0.2, 0.25) is 0 Å². The third-order valence-corrected chi connectivity index (χ3v) is 20.6. The number of rotatable bonds is 8. The van der Waals surface area contributed by atoms with E-state index >= 15 is 0 Å². The maximum absolute atomic E-state index is 11.6. The van der Waals surface area contributed by atoms with Crippen molar-refractivity contribution < 1.29 is 130 Å². The Labute approximate surface area is 564 Å². The third kappa shape index (κ3) is 13.4. The fourth-order valence-corrected chi connectivity index (χ4v) is 17.8. The molecule has 3 aromatic carbocycles. The van der Waals surface area contributed by atoms with Crippen molar-refractivity contribution in [2.45, 2.75) is 220 Å². The number of carboxylic acids is 1. The van der Waals surface area contributed by atoms with Crippen molar-refractivity contribution in [2.24, 2.45) is 71.0 Å². The first-order valence-corrected chi connectivity index (χ1v) is 31.0. The molecule has 0 aromatic heterocycles. The van der Waals surface area contributed by atoms with Crippen molar-refractivity contribution in [1.29, 1.82) is 0 Å². The van der Waals surface area contributed by atoms with Crippen LogP contribution >= 0.6 is 0 Å². The summed E-state index contributed by atoms with van der Waals surface area (Å²) < 4.78 is 93.4. The van der Waals surface area contributed by atoms with Crippen molar-refractivity contribution in [2.75, 3.05) is 21.1 Å². The molecule has 18 nitrogen and oxygen atoms in total. The molecule has 12 bridgehead atoms. The van der Waals surface area contributed by atoms with Crippen LogP contribution in [-0.4, -0.2) is 106 Å². The number of aliphatic hydroxyl groups is 3. The van der Waals surface area contributed by atoms with E-state index in [9.17, 15) is 39.9 Å². The summed E-state index contributed by atoms with van der Waals surface area (Å²) in [5, 5.41) is 61.7. The molecule has 89 heavy (non-hydrogen) atoms. The van der Waals surface area contributed by atoms with Gasteiger partial charge in [0.15, 0.2) is 11.2 Å². The van der Waals surface area contributed by atoms with Gasteiger partial charge in [-0.25, -0.2) is 14.6 Å². The summed E-state index contributed by atoms with van der Waals surface area (Å²) in [6.07, 6.45) is 9.15. The predicted octanol–water partition coefficient (Wildman–Crippen LogP) is 8.50. The zero-order valence-corrected chi connectivity index (χ0v) is 52.8. The average molecular weight is 1270 g/mol. The molecule has 2 spiro atoms. The van der Waals surface area contributed by atoms with E-state index < -0.39 is 86.0 Å². The number of aromatic hydroxyl groups is 2. The Morgan fingerprint density at radius 3 is 1.36 bits per heavy atom. The number of carbonyl (C=O) groups is 3. The van der Waals surface area contributed by atoms with Gasteiger partial charge >= 0.3 is 35.5 Å². The van der Waals surface area contributed by atoms with Crippen LogP contribution < -0.4 is 39.4 Å². The summed E-state index contributed by atoms with van der Waals surface area (Å²) >= 11 is 0. The fourth-order valence-electron chi connectivity index (χ4n) is 17.8. The first kappa shape index (κ1) is 62.7. The van der Waals surface area contributed by atoms with E-state index in [4.69, 9.17) is 55.9 Å². The third-order valence-electron chi connectivity index (χ3n) is 20.6. The number of Topliss-reactive ketones (excluding diaryl/α,β-unsaturated/α-hetero) is 1. The number of hydrogen-bond acceptors (Lipinski definition) is 18. The van der Waals surface area contributed by atoms with Crippen molar-refractivity contribution in [3.63, 3.8) is 0 Å². The van der Waals surface area contributed by atoms with Crippen molar-refractivity contribution in [1.82, 2.24) is 0 Å². The summed E-state index contributed by atoms with van der Waals surface area (Å²) in [4.78, 5) is 57.1. The van der Waals surface area contributed by atoms with Gasteiger partial charge in [0.25, 0.3) is 11.6 Å². The number of phenols is 2. The van der Waals surface area contributed by atoms with Crippen molar-refractivity contribution in [3.8, 4) is 17.2 Å². The number of methoxy groups -OCH3 is 3. The van der Waals surface area contributed by atoms with Gasteiger partial charge in [-0.2, -0.15) is 9.78 Å². The molecule has 0 amide bonds. The quantitative estimate of drug-likeness (QED) is 0.0804. The number of phenolic OH excluding ortho intramolecular Hbond substituents is 2. The minimum absolute atomic E-state index is 0. The zero-order valence-electron chi connectivity index (χ0n) is 59.8. The molecule has 12 aliphatic carbocycles. The van der Waals surface area contributed by atoms with Gasteiger partial charge < -0.3 is 59.1 Å². The summed E-state index contributed by atoms with van der Waals surface area (Å²) in [5.74, 6) is 0.568. The maximum atomic E-state index is 11.6. The molecular formula is C70H105NaO18. The molecule has 4 unspecified atom stereocenters. The van der Waals surface area contributed by atoms with Crippen LogP contribution in [0.5, 0.6) is 17.2 Å². The largest absolute Gasteiger partial charge is 1.00 e. The molecular weight excluding hydrogens is 1150 g/mol. The molecule has 3 aliphatic heterocycles. The van der Waals surface area contributed by atoms with Gasteiger partial charge in [0, 0.05) is 37.0 Å². The van der Waals surface area contributed by atoms with Gasteiger partial charge in [-0.15, -0.1) is 0 Å². The normalized spacial score (nSPS) is 41.6. The smallest absolute Gasteiger partial charge is 0.547 e. The van der Waals surface area contributed by atoms with Gasteiger partial charge in [0.1, 0.15) is 46.9 Å². The van der Waals surface area contributed by atoms with Gasteiger partial charge in [-0.1, -0.05) is 94.2 Å². The standard InChI is InChI=1S/C25H32O10.C18H22O4.C10H14O.C8H8O3.3C2H6.3CH4.Na/c1-23(30)19(27)18(26)22(33-20(23)21(28)29)32-17-5-3-4-14(11-17)25(31-2)24(34-35-25)15-7-12-6-13(9-15)10-16(24)8-12;1-20-18(13-3-2-4-16(19)10-13)17(21-22-18)14-6-11-5-12(8-14)9-15(17)7-11;11-10-8-2-6-1-7(4-8)5-9(10)3-6;1-11-8(10)6-3-2-4-7(9)5-6;3*1-2;;;;/h3-5,11-13,15-16,18-20,22,26-27,30H,6-10H2,1-2H3,(H,28,29);2-4,10-12,14-15,19H,5-9H2,1H3;6-9H,1-5H2;2-5,9H,1H3;3*1-2H3;3*1H4;/q;;;;;;;;;;+1/p-1/t12?,13?,15?,16?,18?,19-,20?,22-,23+,24?,25?;;;;;;;;;;/m1........../s1/i2D3;1D3;;1D3;;;;;;;. The number of hydrogen-bond donors (Lipinski definition) is 5. The van der Waals surface area contributed by atoms with Crippen LogP contribution in [-0.2, 0) is 59.7 Å². The Kier molecular flexibility index (Phi) is 21.8. The Bertz CT molecular complexity index is 3040. The van der Waals surface area contributed by atoms with E-state index in [1.54, 1.807) is 30.3 Å². The number of carboxylic acid groups (broad SMARTS) is 1. The SMILES string of the molecule is C.C.C.CC.CC.CC.O=C1C2CC3CC(C2)CC1C3.[2H]C([2H])([2H])OC(=O)c1cccc(O)c1.[2H]C([2H])([2H])OC1(c2cccc(O)c2)OOC12C1CC3CC(C1)CC2C3.[2H]C([2H])([2H])OC1(c2cccc(O[C@@H]3OC(C(=O)[O-])[C@@](C)(O)[C@H](O)C3O)c2)OOC12C1CC3CC(C1)CC2C3.[Na+]. The number of carbonyl (C=O) groups excluding carboxylic acids is 3. The van der Waals surface area contributed by atoms with Gasteiger partial charge in [0.2, 0.25) is 6.29 Å².